The maximum Gasteiger partial charge on any atom is 0.157 e. The van der Waals surface area contributed by atoms with Crippen molar-refractivity contribution in [1.82, 2.24) is 0 Å². The second-order valence-electron chi connectivity index (χ2n) is 14.7. The second-order valence-corrected chi connectivity index (χ2v) is 15.8. The van der Waals surface area contributed by atoms with Crippen molar-refractivity contribution in [2.75, 3.05) is 0 Å². The fourth-order valence-electron chi connectivity index (χ4n) is 8.28. The predicted molar refractivity (Wildman–Crippen MR) is 246 cm³/mol. The number of furan rings is 1. The molecule has 9 aromatic carbocycles. The summed E-state index contributed by atoms with van der Waals surface area (Å²) in [6.45, 7) is 0.442. The lowest BCUT2D eigenvalue weighted by molar-refractivity contribution is 0.669. The Bertz CT molecular complexity index is 3450. The van der Waals surface area contributed by atoms with Gasteiger partial charge in [0.2, 0.25) is 0 Å². The van der Waals surface area contributed by atoms with E-state index in [0.717, 1.165) is 71.7 Å². The molecule has 11 aromatic rings. The Morgan fingerprint density at radius 3 is 2.09 bits per heavy atom. The van der Waals surface area contributed by atoms with E-state index in [1.54, 1.807) is 0 Å². The largest absolute Gasteiger partial charge is 0.456 e. The molecule has 274 valence electrons. The van der Waals surface area contributed by atoms with Crippen LogP contribution in [0.2, 0.25) is 0 Å². The number of fused-ring (bicyclic) bond motifs is 8. The fourth-order valence-corrected chi connectivity index (χ4v) is 9.37. The van der Waals surface area contributed by atoms with Crippen LogP contribution in [0.3, 0.4) is 0 Å². The van der Waals surface area contributed by atoms with E-state index in [4.69, 9.17) is 20.1 Å². The highest BCUT2D eigenvalue weighted by molar-refractivity contribution is 7.25. The summed E-state index contributed by atoms with van der Waals surface area (Å²) >= 11 is 1.82. The number of nitrogens with two attached hydrogens (primary N) is 1. The average Bonchev–Trinajstić information content (AvgIpc) is 3.85. The van der Waals surface area contributed by atoms with Crippen molar-refractivity contribution in [3.8, 4) is 22.3 Å². The van der Waals surface area contributed by atoms with E-state index in [1.165, 1.54) is 30.9 Å². The van der Waals surface area contributed by atoms with Gasteiger partial charge in [-0.05, 0) is 104 Å². The Labute approximate surface area is 338 Å². The summed E-state index contributed by atoms with van der Waals surface area (Å²) < 4.78 is 9.18. The number of aliphatic imine (C=N–C) groups is 2. The first-order valence-corrected chi connectivity index (χ1v) is 20.3. The van der Waals surface area contributed by atoms with E-state index in [2.05, 4.69) is 146 Å². The van der Waals surface area contributed by atoms with Crippen LogP contribution in [0.15, 0.2) is 202 Å². The summed E-state index contributed by atoms with van der Waals surface area (Å²) in [4.78, 5) is 10.4. The molecule has 0 radical (unpaired) electrons. The molecule has 2 heterocycles. The zero-order valence-electron chi connectivity index (χ0n) is 31.4. The summed E-state index contributed by atoms with van der Waals surface area (Å²) in [6, 6.07) is 66.1. The number of amidine groups is 2. The highest BCUT2D eigenvalue weighted by atomic mass is 32.1. The van der Waals surface area contributed by atoms with E-state index < -0.39 is 0 Å². The van der Waals surface area contributed by atoms with Crippen molar-refractivity contribution < 1.29 is 4.42 Å². The van der Waals surface area contributed by atoms with Crippen LogP contribution in [0.25, 0.3) is 85.9 Å². The van der Waals surface area contributed by atoms with Crippen LogP contribution < -0.4 is 5.73 Å². The molecule has 5 heteroatoms. The lowest BCUT2D eigenvalue weighted by Gasteiger charge is -2.14. The molecule has 58 heavy (non-hydrogen) atoms. The lowest BCUT2D eigenvalue weighted by Crippen LogP contribution is -2.16. The van der Waals surface area contributed by atoms with E-state index in [0.29, 0.717) is 18.2 Å². The number of hydrogen-bond donors (Lipinski definition) is 1. The van der Waals surface area contributed by atoms with Crippen LogP contribution in [0, 0.1) is 0 Å². The highest BCUT2D eigenvalue weighted by Gasteiger charge is 2.19. The average molecular weight is 762 g/mol. The SMILES string of the molecule is NC(=NC(=NCc1ccc2sc3ccccc3c2c1)c1cc(-c2cc(-c3ccc4ccccc4c3)cc3oc4ccccc4c23)c2ccccc2c1)c1ccccc1. The van der Waals surface area contributed by atoms with Crippen LogP contribution in [0.1, 0.15) is 16.7 Å². The molecule has 0 fully saturated rings. The van der Waals surface area contributed by atoms with Gasteiger partial charge >= 0.3 is 0 Å². The van der Waals surface area contributed by atoms with Gasteiger partial charge in [0.05, 0.1) is 6.54 Å². The monoisotopic (exact) mass is 761 g/mol. The van der Waals surface area contributed by atoms with Crippen molar-refractivity contribution >= 4 is 86.7 Å². The van der Waals surface area contributed by atoms with Gasteiger partial charge in [-0.2, -0.15) is 0 Å². The number of para-hydroxylation sites is 1. The fraction of sp³-hybridized carbons (Fsp3) is 0.0189. The summed E-state index contributed by atoms with van der Waals surface area (Å²) in [7, 11) is 0. The number of nitrogens with zero attached hydrogens (tertiary/aromatic N) is 2. The molecular formula is C53H35N3OS. The Morgan fingerprint density at radius 1 is 0.483 bits per heavy atom. The van der Waals surface area contributed by atoms with Gasteiger partial charge in [0.1, 0.15) is 17.0 Å². The minimum atomic E-state index is 0.412. The topological polar surface area (TPSA) is 63.9 Å². The van der Waals surface area contributed by atoms with Gasteiger partial charge in [-0.25, -0.2) is 4.99 Å². The first-order valence-electron chi connectivity index (χ1n) is 19.5. The summed E-state index contributed by atoms with van der Waals surface area (Å²) in [5.41, 5.74) is 15.7. The Balaban J connectivity index is 1.13. The molecular weight excluding hydrogens is 727 g/mol. The van der Waals surface area contributed by atoms with Gasteiger partial charge in [0, 0.05) is 42.1 Å². The minimum Gasteiger partial charge on any atom is -0.456 e. The Morgan fingerprint density at radius 2 is 1.21 bits per heavy atom. The van der Waals surface area contributed by atoms with Crippen molar-refractivity contribution in [1.29, 1.82) is 0 Å². The highest BCUT2D eigenvalue weighted by Crippen LogP contribution is 2.43. The Kier molecular flexibility index (Phi) is 8.19. The van der Waals surface area contributed by atoms with Crippen molar-refractivity contribution in [2.24, 2.45) is 15.7 Å². The number of hydrogen-bond acceptors (Lipinski definition) is 3. The molecule has 0 aliphatic rings. The minimum absolute atomic E-state index is 0.412. The third kappa shape index (κ3) is 6.01. The van der Waals surface area contributed by atoms with Crippen LogP contribution in [0.4, 0.5) is 0 Å². The van der Waals surface area contributed by atoms with Gasteiger partial charge in [-0.15, -0.1) is 11.3 Å². The quantitative estimate of drug-likeness (QED) is 0.135. The van der Waals surface area contributed by atoms with E-state index in [9.17, 15) is 0 Å². The normalized spacial score (nSPS) is 12.5. The zero-order chi connectivity index (χ0) is 38.6. The first kappa shape index (κ1) is 34.0. The van der Waals surface area contributed by atoms with Crippen molar-refractivity contribution in [2.45, 2.75) is 6.54 Å². The summed E-state index contributed by atoms with van der Waals surface area (Å²) in [6.07, 6.45) is 0. The molecule has 0 unspecified atom stereocenters. The number of thiophene rings is 1. The maximum atomic E-state index is 6.79. The van der Waals surface area contributed by atoms with Crippen LogP contribution in [0.5, 0.6) is 0 Å². The molecule has 0 saturated heterocycles. The predicted octanol–water partition coefficient (Wildman–Crippen LogP) is 13.9. The van der Waals surface area contributed by atoms with E-state index in [-0.39, 0.29) is 0 Å². The lowest BCUT2D eigenvalue weighted by atomic mass is 9.90. The summed E-state index contributed by atoms with van der Waals surface area (Å²) in [5, 5.41) is 9.27. The molecule has 0 bridgehead atoms. The number of benzene rings is 9. The number of rotatable bonds is 6. The zero-order valence-corrected chi connectivity index (χ0v) is 32.2. The molecule has 0 aliphatic heterocycles. The van der Waals surface area contributed by atoms with Crippen molar-refractivity contribution in [3.63, 3.8) is 0 Å². The van der Waals surface area contributed by atoms with Gasteiger partial charge < -0.3 is 10.2 Å². The van der Waals surface area contributed by atoms with Gasteiger partial charge in [-0.3, -0.25) is 4.99 Å². The van der Waals surface area contributed by atoms with Gasteiger partial charge in [0.25, 0.3) is 0 Å². The molecule has 4 nitrogen and oxygen atoms in total. The molecule has 0 amide bonds. The van der Waals surface area contributed by atoms with Crippen LogP contribution >= 0.6 is 11.3 Å². The van der Waals surface area contributed by atoms with E-state index >= 15 is 0 Å². The van der Waals surface area contributed by atoms with Crippen molar-refractivity contribution in [3.05, 3.63) is 205 Å². The standard InChI is InChI=1S/C53H35N3OS/c54-52(35-13-2-1-3-14-35)56-53(55-32-33-22-25-50-45(26-33)42-18-9-11-21-49(42)58-50)40-28-38-16-6-7-17-41(38)44(30-40)46-29-39(37-24-23-34-12-4-5-15-36(34)27-37)31-48-51(46)43-19-8-10-20-47(43)57-48/h1-31H,32H2,(H2,54,55,56). The smallest absolute Gasteiger partial charge is 0.157 e. The molecule has 2 aromatic heterocycles. The molecule has 2 N–H and O–H groups in total. The van der Waals surface area contributed by atoms with Gasteiger partial charge in [0.15, 0.2) is 5.84 Å². The van der Waals surface area contributed by atoms with Crippen LogP contribution in [-0.4, -0.2) is 11.7 Å². The van der Waals surface area contributed by atoms with E-state index in [1.807, 2.05) is 53.8 Å². The molecule has 11 rings (SSSR count). The molecule has 0 spiro atoms. The van der Waals surface area contributed by atoms with Crippen LogP contribution in [-0.2, 0) is 6.54 Å². The Hall–Kier alpha value is -7.34. The summed E-state index contributed by atoms with van der Waals surface area (Å²) in [5.74, 6) is 0.984. The first-order chi connectivity index (χ1) is 28.6. The maximum absolute atomic E-state index is 6.79. The van der Waals surface area contributed by atoms with Gasteiger partial charge in [-0.1, -0.05) is 133 Å². The molecule has 0 atom stereocenters. The molecule has 0 aliphatic carbocycles. The second kappa shape index (κ2) is 14.0. The molecule has 0 saturated carbocycles. The third-order valence-electron chi connectivity index (χ3n) is 11.1. The third-order valence-corrected chi connectivity index (χ3v) is 12.3.